The van der Waals surface area contributed by atoms with Crippen LogP contribution in [0, 0.1) is 0 Å². The van der Waals surface area contributed by atoms with Gasteiger partial charge in [0.05, 0.1) is 30.8 Å². The van der Waals surface area contributed by atoms with Gasteiger partial charge in [-0.3, -0.25) is 14.7 Å². The molecule has 39 heavy (non-hydrogen) atoms. The number of aldehydes is 1. The van der Waals surface area contributed by atoms with Crippen LogP contribution in [0.15, 0.2) is 65.6 Å². The molecule has 0 radical (unpaired) electrons. The predicted octanol–water partition coefficient (Wildman–Crippen LogP) is 6.43. The number of nitrogens with one attached hydrogen (secondary N) is 1. The SMILES string of the molecule is C=N/C(=C\C=C(/C)C(F)F)n1ccc(C=O)c1.CC.CNc1ccc(C2=CCC(N3CCOCC3)CC2)nc1. The van der Waals surface area contributed by atoms with Gasteiger partial charge in [0.2, 0.25) is 0 Å². The number of aliphatic imine (C=N–C) groups is 1. The summed E-state index contributed by atoms with van der Waals surface area (Å²) in [5.41, 5.74) is 4.01. The highest BCUT2D eigenvalue weighted by Gasteiger charge is 2.23. The molecule has 4 rings (SSSR count). The molecule has 1 unspecified atom stereocenters. The average molecular weight is 542 g/mol. The fourth-order valence-electron chi connectivity index (χ4n) is 4.18. The molecule has 0 saturated carbocycles. The summed E-state index contributed by atoms with van der Waals surface area (Å²) in [6.07, 6.45) is 11.8. The number of allylic oxidation sites excluding steroid dienone is 4. The lowest BCUT2D eigenvalue weighted by Gasteiger charge is -2.36. The van der Waals surface area contributed by atoms with Gasteiger partial charge in [0.15, 0.2) is 6.29 Å². The van der Waals surface area contributed by atoms with Crippen LogP contribution in [-0.2, 0) is 4.74 Å². The Morgan fingerprint density at radius 1 is 1.23 bits per heavy atom. The molecule has 1 N–H and O–H groups in total. The standard InChI is InChI=1S/C16H23N3O.C12H12F2N2O.C2H6/c1-17-14-4-7-16(18-12-14)13-2-5-15(6-3-13)19-8-10-20-11-9-19;1-9(12(13)14)3-4-11(15-2)16-6-5-10(7-16)8-17;1-2/h2,4,7,12,15,17H,3,5-6,8-11H2,1H3;3-8,12H,2H2,1H3;1-2H3/b;9-3+,11-4+;. The van der Waals surface area contributed by atoms with E-state index in [9.17, 15) is 13.6 Å². The fraction of sp³-hybridized carbons (Fsp3) is 0.433. The monoisotopic (exact) mass is 541 g/mol. The average Bonchev–Trinajstić information content (AvgIpc) is 3.48. The van der Waals surface area contributed by atoms with E-state index in [2.05, 4.69) is 45.1 Å². The van der Waals surface area contributed by atoms with Crippen LogP contribution >= 0.6 is 0 Å². The molecule has 1 atom stereocenters. The maximum absolute atomic E-state index is 12.2. The first-order valence-electron chi connectivity index (χ1n) is 13.4. The highest BCUT2D eigenvalue weighted by atomic mass is 19.3. The van der Waals surface area contributed by atoms with Gasteiger partial charge in [0.1, 0.15) is 5.82 Å². The summed E-state index contributed by atoms with van der Waals surface area (Å²) in [5.74, 6) is 0.373. The van der Waals surface area contributed by atoms with Crippen molar-refractivity contribution in [3.63, 3.8) is 0 Å². The summed E-state index contributed by atoms with van der Waals surface area (Å²) in [6.45, 7) is 12.6. The van der Waals surface area contributed by atoms with Gasteiger partial charge in [-0.05, 0) is 68.3 Å². The van der Waals surface area contributed by atoms with Gasteiger partial charge in [-0.1, -0.05) is 26.0 Å². The Balaban J connectivity index is 0.000000261. The van der Waals surface area contributed by atoms with Crippen molar-refractivity contribution in [1.82, 2.24) is 14.5 Å². The third-order valence-corrected chi connectivity index (χ3v) is 6.44. The van der Waals surface area contributed by atoms with Crippen molar-refractivity contribution in [3.8, 4) is 0 Å². The predicted molar refractivity (Wildman–Crippen MR) is 157 cm³/mol. The van der Waals surface area contributed by atoms with Crippen LogP contribution < -0.4 is 5.32 Å². The maximum atomic E-state index is 12.2. The molecule has 212 valence electrons. The number of aromatic nitrogens is 2. The van der Waals surface area contributed by atoms with E-state index in [0.717, 1.165) is 50.5 Å². The van der Waals surface area contributed by atoms with Crippen LogP contribution in [-0.4, -0.2) is 73.3 Å². The van der Waals surface area contributed by atoms with Gasteiger partial charge in [-0.15, -0.1) is 0 Å². The summed E-state index contributed by atoms with van der Waals surface area (Å²) in [5, 5.41) is 3.11. The van der Waals surface area contributed by atoms with Crippen molar-refractivity contribution in [1.29, 1.82) is 0 Å². The van der Waals surface area contributed by atoms with Gasteiger partial charge in [0, 0.05) is 44.1 Å². The Morgan fingerprint density at radius 2 is 1.97 bits per heavy atom. The molecule has 1 aliphatic carbocycles. The molecule has 0 bridgehead atoms. The van der Waals surface area contributed by atoms with Crippen molar-refractivity contribution in [3.05, 3.63) is 71.8 Å². The molecule has 2 aromatic rings. The minimum Gasteiger partial charge on any atom is -0.387 e. The second-order valence-corrected chi connectivity index (χ2v) is 8.85. The number of halogens is 2. The number of rotatable bonds is 8. The summed E-state index contributed by atoms with van der Waals surface area (Å²) in [6, 6.07) is 6.50. The highest BCUT2D eigenvalue weighted by Crippen LogP contribution is 2.29. The summed E-state index contributed by atoms with van der Waals surface area (Å²) in [4.78, 5) is 21.3. The second-order valence-electron chi connectivity index (χ2n) is 8.85. The molecule has 1 aliphatic heterocycles. The molecule has 2 aromatic heterocycles. The van der Waals surface area contributed by atoms with Gasteiger partial charge < -0.3 is 14.6 Å². The molecule has 9 heteroatoms. The van der Waals surface area contributed by atoms with Gasteiger partial charge in [-0.25, -0.2) is 13.8 Å². The molecular formula is C30H41F2N5O2. The molecular weight excluding hydrogens is 500 g/mol. The highest BCUT2D eigenvalue weighted by molar-refractivity contribution is 5.75. The third-order valence-electron chi connectivity index (χ3n) is 6.44. The quantitative estimate of drug-likeness (QED) is 0.237. The number of ether oxygens (including phenoxy) is 1. The Kier molecular flexibility index (Phi) is 14.0. The zero-order chi connectivity index (χ0) is 28.6. The summed E-state index contributed by atoms with van der Waals surface area (Å²) in [7, 11) is 1.92. The second kappa shape index (κ2) is 17.2. The topological polar surface area (TPSA) is 71.8 Å². The van der Waals surface area contributed by atoms with E-state index in [-0.39, 0.29) is 5.57 Å². The number of hydrogen-bond donors (Lipinski definition) is 1. The smallest absolute Gasteiger partial charge is 0.259 e. The first-order chi connectivity index (χ1) is 18.9. The Bertz CT molecular complexity index is 1120. The van der Waals surface area contributed by atoms with E-state index in [1.165, 1.54) is 35.6 Å². The van der Waals surface area contributed by atoms with Gasteiger partial charge >= 0.3 is 0 Å². The normalized spacial score (nSPS) is 18.2. The van der Waals surface area contributed by atoms with E-state index < -0.39 is 6.43 Å². The summed E-state index contributed by atoms with van der Waals surface area (Å²) < 4.78 is 31.5. The Hall–Kier alpha value is -3.43. The molecule has 2 aliphatic rings. The Labute approximate surface area is 231 Å². The number of carbonyl (C=O) groups is 1. The Morgan fingerprint density at radius 3 is 2.49 bits per heavy atom. The molecule has 3 heterocycles. The van der Waals surface area contributed by atoms with Gasteiger partial charge in [0.25, 0.3) is 6.43 Å². The third kappa shape index (κ3) is 10.00. The minimum absolute atomic E-state index is 0.0612. The van der Waals surface area contributed by atoms with E-state index in [1.807, 2.05) is 27.1 Å². The molecule has 0 amide bonds. The van der Waals surface area contributed by atoms with E-state index in [1.54, 1.807) is 18.5 Å². The van der Waals surface area contributed by atoms with E-state index >= 15 is 0 Å². The number of anilines is 1. The van der Waals surface area contributed by atoms with Crippen LogP contribution in [0.25, 0.3) is 11.4 Å². The first kappa shape index (κ1) is 31.8. The van der Waals surface area contributed by atoms with Crippen molar-refractivity contribution in [2.75, 3.05) is 38.7 Å². The summed E-state index contributed by atoms with van der Waals surface area (Å²) >= 11 is 0. The lowest BCUT2D eigenvalue weighted by Crippen LogP contribution is -2.43. The molecule has 1 saturated heterocycles. The number of morpholine rings is 1. The van der Waals surface area contributed by atoms with Crippen molar-refractivity contribution in [2.45, 2.75) is 52.5 Å². The van der Waals surface area contributed by atoms with Crippen molar-refractivity contribution in [2.24, 2.45) is 4.99 Å². The maximum Gasteiger partial charge on any atom is 0.259 e. The lowest BCUT2D eigenvalue weighted by atomic mass is 9.92. The van der Waals surface area contributed by atoms with Gasteiger partial charge in [-0.2, -0.15) is 0 Å². The van der Waals surface area contributed by atoms with Crippen LogP contribution in [0.1, 0.15) is 56.1 Å². The fourth-order valence-corrected chi connectivity index (χ4v) is 4.18. The van der Waals surface area contributed by atoms with Crippen molar-refractivity contribution >= 4 is 30.1 Å². The van der Waals surface area contributed by atoms with E-state index in [4.69, 9.17) is 4.74 Å². The molecule has 1 fully saturated rings. The van der Waals surface area contributed by atoms with Crippen LogP contribution in [0.5, 0.6) is 0 Å². The molecule has 0 spiro atoms. The zero-order valence-corrected chi connectivity index (χ0v) is 23.4. The zero-order valence-electron chi connectivity index (χ0n) is 23.4. The van der Waals surface area contributed by atoms with E-state index in [0.29, 0.717) is 23.7 Å². The molecule has 7 nitrogen and oxygen atoms in total. The number of carbonyl (C=O) groups excluding carboxylic acids is 1. The lowest BCUT2D eigenvalue weighted by molar-refractivity contribution is 0.0150. The first-order valence-corrected chi connectivity index (χ1v) is 13.4. The molecule has 0 aromatic carbocycles. The number of alkyl halides is 2. The van der Waals surface area contributed by atoms with Crippen LogP contribution in [0.2, 0.25) is 0 Å². The number of hydrogen-bond acceptors (Lipinski definition) is 6. The largest absolute Gasteiger partial charge is 0.387 e. The van der Waals surface area contributed by atoms with Crippen molar-refractivity contribution < 1.29 is 18.3 Å². The van der Waals surface area contributed by atoms with Crippen LogP contribution in [0.4, 0.5) is 14.5 Å². The number of nitrogens with zero attached hydrogens (tertiary/aromatic N) is 4. The van der Waals surface area contributed by atoms with Crippen LogP contribution in [0.3, 0.4) is 0 Å². The number of pyridine rings is 1. The minimum atomic E-state index is -2.49.